The minimum Gasteiger partial charge on any atom is -0.466 e. The Bertz CT molecular complexity index is 1030. The third-order valence-corrected chi connectivity index (χ3v) is 8.05. The molecule has 1 N–H and O–H groups in total. The van der Waals surface area contributed by atoms with Gasteiger partial charge in [0.1, 0.15) is 6.61 Å². The number of hydrogen-bond acceptors (Lipinski definition) is 5. The summed E-state index contributed by atoms with van der Waals surface area (Å²) in [6.07, 6.45) is 20.2. The van der Waals surface area contributed by atoms with E-state index in [2.05, 4.69) is 36.1 Å². The van der Waals surface area contributed by atoms with Crippen molar-refractivity contribution < 1.29 is 19.5 Å². The molecule has 1 aromatic carbocycles. The second kappa shape index (κ2) is 16.3. The van der Waals surface area contributed by atoms with Gasteiger partial charge in [-0.25, -0.2) is 0 Å². The van der Waals surface area contributed by atoms with Gasteiger partial charge in [-0.2, -0.15) is 0 Å². The van der Waals surface area contributed by atoms with Crippen LogP contribution < -0.4 is 0 Å². The number of rotatable bonds is 14. The Morgan fingerprint density at radius 2 is 1.92 bits per heavy atom. The van der Waals surface area contributed by atoms with Gasteiger partial charge in [0, 0.05) is 23.8 Å². The summed E-state index contributed by atoms with van der Waals surface area (Å²) in [5.74, 6) is 6.52. The quantitative estimate of drug-likeness (QED) is 0.0882. The van der Waals surface area contributed by atoms with Crippen molar-refractivity contribution in [3.05, 3.63) is 60.2 Å². The average Bonchev–Trinajstić information content (AvgIpc) is 2.91. The Labute approximate surface area is 235 Å². The SMILES string of the molecule is CCOC(=O)CCCCCO/N=C1\CCCCC1(C)/C=C/C=C/C(O)CC1(CC#Cc2ccccc2)CCC1. The van der Waals surface area contributed by atoms with Crippen molar-refractivity contribution in [3.8, 4) is 11.8 Å². The maximum atomic E-state index is 11.4. The minimum atomic E-state index is -0.465. The highest BCUT2D eigenvalue weighted by atomic mass is 16.6. The van der Waals surface area contributed by atoms with Crippen LogP contribution in [0.4, 0.5) is 0 Å². The molecule has 0 heterocycles. The molecule has 212 valence electrons. The Morgan fingerprint density at radius 3 is 2.67 bits per heavy atom. The Hall–Kier alpha value is -2.84. The summed E-state index contributed by atoms with van der Waals surface area (Å²) in [7, 11) is 0. The number of hydrogen-bond donors (Lipinski definition) is 1. The van der Waals surface area contributed by atoms with Crippen LogP contribution in [0, 0.1) is 22.7 Å². The van der Waals surface area contributed by atoms with Crippen LogP contribution in [-0.2, 0) is 14.4 Å². The third-order valence-electron chi connectivity index (χ3n) is 8.05. The van der Waals surface area contributed by atoms with Gasteiger partial charge in [-0.05, 0) is 82.3 Å². The summed E-state index contributed by atoms with van der Waals surface area (Å²) in [6, 6.07) is 10.1. The van der Waals surface area contributed by atoms with Crippen LogP contribution >= 0.6 is 0 Å². The van der Waals surface area contributed by atoms with Crippen molar-refractivity contribution >= 4 is 11.7 Å². The molecular formula is C34H47NO4. The van der Waals surface area contributed by atoms with E-state index in [9.17, 15) is 9.90 Å². The smallest absolute Gasteiger partial charge is 0.305 e. The van der Waals surface area contributed by atoms with Gasteiger partial charge in [-0.1, -0.05) is 79.3 Å². The lowest BCUT2D eigenvalue weighted by Crippen LogP contribution is -2.32. The maximum Gasteiger partial charge on any atom is 0.305 e. The summed E-state index contributed by atoms with van der Waals surface area (Å²) in [6.45, 7) is 5.06. The molecule has 2 aliphatic carbocycles. The Kier molecular flexibility index (Phi) is 12.8. The standard InChI is InChI=1S/C34H47NO4/c1-3-38-32(37)21-8-5-13-27-39-35-31-20-10-12-23-33(31,2)22-11-9-19-30(36)28-34(25-15-26-34)24-14-18-29-16-6-4-7-17-29/h4,6-7,9,11,16-17,19,22,30,36H,3,5,8,10,12-13,15,20-21,23-28H2,1-2H3/b19-9+,22-11+,35-31+. The Balaban J connectivity index is 1.43. The van der Waals surface area contributed by atoms with Crippen LogP contribution in [0.25, 0.3) is 0 Å². The first kappa shape index (κ1) is 30.7. The number of carbonyl (C=O) groups is 1. The molecule has 2 unspecified atom stereocenters. The van der Waals surface area contributed by atoms with E-state index < -0.39 is 6.10 Å². The topological polar surface area (TPSA) is 68.1 Å². The number of carbonyl (C=O) groups excluding carboxylic acids is 1. The molecule has 2 atom stereocenters. The van der Waals surface area contributed by atoms with Crippen LogP contribution in [0.3, 0.4) is 0 Å². The van der Waals surface area contributed by atoms with Gasteiger partial charge in [0.05, 0.1) is 18.4 Å². The fraction of sp³-hybridized carbons (Fsp3) is 0.588. The second-order valence-electron chi connectivity index (χ2n) is 11.3. The number of benzene rings is 1. The van der Waals surface area contributed by atoms with E-state index in [-0.39, 0.29) is 16.8 Å². The van der Waals surface area contributed by atoms with Crippen molar-refractivity contribution in [1.82, 2.24) is 0 Å². The van der Waals surface area contributed by atoms with Gasteiger partial charge < -0.3 is 14.7 Å². The van der Waals surface area contributed by atoms with Crippen molar-refractivity contribution in [2.45, 2.75) is 103 Å². The molecule has 0 aliphatic heterocycles. The van der Waals surface area contributed by atoms with E-state index in [1.807, 2.05) is 49.4 Å². The average molecular weight is 534 g/mol. The largest absolute Gasteiger partial charge is 0.466 e. The first-order valence-electron chi connectivity index (χ1n) is 14.9. The van der Waals surface area contributed by atoms with Gasteiger partial charge in [0.25, 0.3) is 0 Å². The van der Waals surface area contributed by atoms with E-state index in [1.165, 1.54) is 12.8 Å². The van der Waals surface area contributed by atoms with Gasteiger partial charge in [0.15, 0.2) is 0 Å². The fourth-order valence-corrected chi connectivity index (χ4v) is 5.47. The van der Waals surface area contributed by atoms with Crippen molar-refractivity contribution in [2.75, 3.05) is 13.2 Å². The molecule has 2 saturated carbocycles. The lowest BCUT2D eigenvalue weighted by atomic mass is 9.64. The molecule has 0 spiro atoms. The summed E-state index contributed by atoms with van der Waals surface area (Å²) >= 11 is 0. The zero-order valence-corrected chi connectivity index (χ0v) is 24.0. The number of esters is 1. The molecule has 0 amide bonds. The summed E-state index contributed by atoms with van der Waals surface area (Å²) in [5.41, 5.74) is 2.16. The first-order chi connectivity index (χ1) is 18.9. The molecule has 2 aliphatic rings. The van der Waals surface area contributed by atoms with Crippen LogP contribution in [0.1, 0.15) is 103 Å². The normalized spacial score (nSPS) is 22.3. The van der Waals surface area contributed by atoms with Gasteiger partial charge in [-0.15, -0.1) is 0 Å². The van der Waals surface area contributed by atoms with Crippen LogP contribution in [0.15, 0.2) is 59.8 Å². The second-order valence-corrected chi connectivity index (χ2v) is 11.3. The molecule has 5 heteroatoms. The summed E-state index contributed by atoms with van der Waals surface area (Å²) in [5, 5.41) is 15.3. The highest BCUT2D eigenvalue weighted by molar-refractivity contribution is 5.91. The van der Waals surface area contributed by atoms with Crippen LogP contribution in [0.2, 0.25) is 0 Å². The molecule has 3 rings (SSSR count). The monoisotopic (exact) mass is 533 g/mol. The molecule has 0 saturated heterocycles. The number of allylic oxidation sites excluding steroid dienone is 3. The molecule has 0 bridgehead atoms. The molecule has 1 aromatic rings. The lowest BCUT2D eigenvalue weighted by Gasteiger charge is -2.41. The maximum absolute atomic E-state index is 11.4. The van der Waals surface area contributed by atoms with E-state index in [4.69, 9.17) is 9.57 Å². The molecule has 0 aromatic heterocycles. The fourth-order valence-electron chi connectivity index (χ4n) is 5.47. The Morgan fingerprint density at radius 1 is 1.10 bits per heavy atom. The van der Waals surface area contributed by atoms with E-state index in [1.54, 1.807) is 0 Å². The first-order valence-corrected chi connectivity index (χ1v) is 14.9. The minimum absolute atomic E-state index is 0.124. The third kappa shape index (κ3) is 10.7. The molecule has 2 fully saturated rings. The number of nitrogens with zero attached hydrogens (tertiary/aromatic N) is 1. The highest BCUT2D eigenvalue weighted by Gasteiger charge is 2.37. The van der Waals surface area contributed by atoms with Crippen molar-refractivity contribution in [2.24, 2.45) is 16.0 Å². The lowest BCUT2D eigenvalue weighted by molar-refractivity contribution is -0.143. The van der Waals surface area contributed by atoms with Crippen molar-refractivity contribution in [3.63, 3.8) is 0 Å². The number of aliphatic hydroxyl groups excluding tert-OH is 1. The van der Waals surface area contributed by atoms with Gasteiger partial charge >= 0.3 is 5.97 Å². The number of aliphatic hydroxyl groups is 1. The highest BCUT2D eigenvalue weighted by Crippen LogP contribution is 2.47. The number of oxime groups is 1. The van der Waals surface area contributed by atoms with Crippen LogP contribution in [-0.4, -0.2) is 36.1 Å². The van der Waals surface area contributed by atoms with Crippen LogP contribution in [0.5, 0.6) is 0 Å². The molecule has 5 nitrogen and oxygen atoms in total. The summed E-state index contributed by atoms with van der Waals surface area (Å²) < 4.78 is 4.96. The van der Waals surface area contributed by atoms with E-state index in [0.717, 1.165) is 75.5 Å². The number of unbranched alkanes of at least 4 members (excludes halogenated alkanes) is 2. The van der Waals surface area contributed by atoms with Gasteiger partial charge in [0.2, 0.25) is 0 Å². The zero-order chi connectivity index (χ0) is 27.8. The predicted octanol–water partition coefficient (Wildman–Crippen LogP) is 7.54. The number of ether oxygens (including phenoxy) is 1. The van der Waals surface area contributed by atoms with Crippen molar-refractivity contribution in [1.29, 1.82) is 0 Å². The van der Waals surface area contributed by atoms with Gasteiger partial charge in [-0.3, -0.25) is 4.79 Å². The van der Waals surface area contributed by atoms with E-state index >= 15 is 0 Å². The molecule has 39 heavy (non-hydrogen) atoms. The summed E-state index contributed by atoms with van der Waals surface area (Å²) in [4.78, 5) is 17.1. The zero-order valence-electron chi connectivity index (χ0n) is 24.0. The molecular weight excluding hydrogens is 486 g/mol. The molecule has 0 radical (unpaired) electrons. The predicted molar refractivity (Wildman–Crippen MR) is 158 cm³/mol. The van der Waals surface area contributed by atoms with E-state index in [0.29, 0.717) is 19.6 Å².